The third kappa shape index (κ3) is 5.16. The molecule has 0 aliphatic heterocycles. The van der Waals surface area contributed by atoms with Crippen molar-refractivity contribution in [3.63, 3.8) is 0 Å². The Balaban J connectivity index is 1.99. The highest BCUT2D eigenvalue weighted by atomic mass is 32.2. The first-order valence-electron chi connectivity index (χ1n) is 9.64. The molecule has 0 saturated carbocycles. The number of fused-ring (bicyclic) bond motifs is 1. The van der Waals surface area contributed by atoms with E-state index in [2.05, 4.69) is 16.8 Å². The van der Waals surface area contributed by atoms with Crippen LogP contribution in [0.15, 0.2) is 47.4 Å². The highest BCUT2D eigenvalue weighted by Crippen LogP contribution is 2.33. The molecule has 158 valence electrons. The molecule has 7 nitrogen and oxygen atoms in total. The lowest BCUT2D eigenvalue weighted by atomic mass is 10.2. The number of non-ortho nitro benzene ring substituents is 1. The normalized spacial score (nSPS) is 11.2. The van der Waals surface area contributed by atoms with Gasteiger partial charge in [0.15, 0.2) is 5.13 Å². The summed E-state index contributed by atoms with van der Waals surface area (Å²) in [5, 5.41) is 11.7. The van der Waals surface area contributed by atoms with Crippen LogP contribution in [0.3, 0.4) is 0 Å². The van der Waals surface area contributed by atoms with Gasteiger partial charge in [-0.05, 0) is 51.0 Å². The number of amides is 1. The standard InChI is InChI=1S/C21H24N4O3S2/c1-4-29-18-9-6-5-8-16(18)20(26)24(13-7-12-23(2)3)21-22-17-11-10-15(25(27)28)14-19(17)30-21/h5-6,8-11,14H,4,7,12-13H2,1-3H3. The van der Waals surface area contributed by atoms with Gasteiger partial charge in [0, 0.05) is 23.6 Å². The molecule has 3 aromatic rings. The second-order valence-electron chi connectivity index (χ2n) is 6.95. The summed E-state index contributed by atoms with van der Waals surface area (Å²) < 4.78 is 0.695. The monoisotopic (exact) mass is 444 g/mol. The highest BCUT2D eigenvalue weighted by molar-refractivity contribution is 7.99. The van der Waals surface area contributed by atoms with E-state index in [0.29, 0.717) is 27.5 Å². The average Bonchev–Trinajstić information content (AvgIpc) is 3.14. The van der Waals surface area contributed by atoms with Gasteiger partial charge < -0.3 is 4.90 Å². The molecular weight excluding hydrogens is 420 g/mol. The molecule has 0 radical (unpaired) electrons. The van der Waals surface area contributed by atoms with E-state index in [-0.39, 0.29) is 11.6 Å². The van der Waals surface area contributed by atoms with Crippen LogP contribution in [0, 0.1) is 10.1 Å². The number of anilines is 1. The molecule has 0 N–H and O–H groups in total. The van der Waals surface area contributed by atoms with Crippen molar-refractivity contribution in [2.75, 3.05) is 37.8 Å². The third-order valence-electron chi connectivity index (χ3n) is 4.45. The SMILES string of the molecule is CCSc1ccccc1C(=O)N(CCCN(C)C)c1nc2ccc([N+](=O)[O-])cc2s1. The smallest absolute Gasteiger partial charge is 0.270 e. The van der Waals surface area contributed by atoms with E-state index in [0.717, 1.165) is 23.6 Å². The van der Waals surface area contributed by atoms with Gasteiger partial charge in [-0.15, -0.1) is 11.8 Å². The molecular formula is C21H24N4O3S2. The summed E-state index contributed by atoms with van der Waals surface area (Å²) >= 11 is 2.94. The molecule has 1 aromatic heterocycles. The summed E-state index contributed by atoms with van der Waals surface area (Å²) in [5.41, 5.74) is 1.33. The molecule has 0 saturated heterocycles. The number of thiazole rings is 1. The first-order valence-corrected chi connectivity index (χ1v) is 11.4. The topological polar surface area (TPSA) is 79.6 Å². The number of hydrogen-bond acceptors (Lipinski definition) is 7. The molecule has 0 aliphatic rings. The van der Waals surface area contributed by atoms with Crippen LogP contribution in [0.4, 0.5) is 10.8 Å². The molecule has 0 fully saturated rings. The quantitative estimate of drug-likeness (QED) is 0.265. The Kier molecular flexibility index (Phi) is 7.41. The van der Waals surface area contributed by atoms with Crippen molar-refractivity contribution in [2.45, 2.75) is 18.2 Å². The van der Waals surface area contributed by atoms with E-state index >= 15 is 0 Å². The number of carbonyl (C=O) groups is 1. The number of carbonyl (C=O) groups excluding carboxylic acids is 1. The number of nitro benzene ring substituents is 1. The number of thioether (sulfide) groups is 1. The number of nitrogens with zero attached hydrogens (tertiary/aromatic N) is 4. The van der Waals surface area contributed by atoms with Gasteiger partial charge in [0.25, 0.3) is 11.6 Å². The van der Waals surface area contributed by atoms with Gasteiger partial charge in [0.05, 0.1) is 20.7 Å². The summed E-state index contributed by atoms with van der Waals surface area (Å²) in [6.45, 7) is 3.41. The second kappa shape index (κ2) is 10.0. The predicted molar refractivity (Wildman–Crippen MR) is 124 cm³/mol. The highest BCUT2D eigenvalue weighted by Gasteiger charge is 2.23. The second-order valence-corrected chi connectivity index (χ2v) is 9.26. The molecule has 0 atom stereocenters. The molecule has 30 heavy (non-hydrogen) atoms. The minimum Gasteiger partial charge on any atom is -0.309 e. The largest absolute Gasteiger partial charge is 0.309 e. The van der Waals surface area contributed by atoms with E-state index in [1.54, 1.807) is 22.7 Å². The fraction of sp³-hybridized carbons (Fsp3) is 0.333. The Bertz CT molecular complexity index is 1050. The summed E-state index contributed by atoms with van der Waals surface area (Å²) in [4.78, 5) is 33.5. The van der Waals surface area contributed by atoms with Gasteiger partial charge in [0.1, 0.15) is 0 Å². The fourth-order valence-corrected chi connectivity index (χ4v) is 4.85. The molecule has 3 rings (SSSR count). The number of hydrogen-bond donors (Lipinski definition) is 0. The zero-order valence-corrected chi connectivity index (χ0v) is 18.8. The average molecular weight is 445 g/mol. The van der Waals surface area contributed by atoms with Crippen LogP contribution >= 0.6 is 23.1 Å². The maximum atomic E-state index is 13.5. The maximum absolute atomic E-state index is 13.5. The first-order chi connectivity index (χ1) is 14.4. The Hall–Kier alpha value is -2.49. The fourth-order valence-electron chi connectivity index (χ4n) is 3.03. The molecule has 1 heterocycles. The Labute approximate surface area is 183 Å². The van der Waals surface area contributed by atoms with Crippen molar-refractivity contribution in [1.29, 1.82) is 0 Å². The van der Waals surface area contributed by atoms with Gasteiger partial charge in [-0.25, -0.2) is 4.98 Å². The number of benzene rings is 2. The van der Waals surface area contributed by atoms with E-state index in [1.807, 2.05) is 38.4 Å². The summed E-state index contributed by atoms with van der Waals surface area (Å²) in [5.74, 6) is 0.772. The van der Waals surface area contributed by atoms with Gasteiger partial charge in [-0.3, -0.25) is 19.8 Å². The minimum atomic E-state index is -0.420. The molecule has 0 aliphatic carbocycles. The Morgan fingerprint density at radius 2 is 1.97 bits per heavy atom. The van der Waals surface area contributed by atoms with Crippen molar-refractivity contribution in [3.8, 4) is 0 Å². The zero-order valence-electron chi connectivity index (χ0n) is 17.2. The molecule has 2 aromatic carbocycles. The van der Waals surface area contributed by atoms with Crippen molar-refractivity contribution in [1.82, 2.24) is 9.88 Å². The van der Waals surface area contributed by atoms with Gasteiger partial charge in [-0.1, -0.05) is 30.4 Å². The van der Waals surface area contributed by atoms with Crippen LogP contribution in [0.2, 0.25) is 0 Å². The zero-order chi connectivity index (χ0) is 21.7. The van der Waals surface area contributed by atoms with Crippen molar-refractivity contribution in [2.24, 2.45) is 0 Å². The van der Waals surface area contributed by atoms with Gasteiger partial charge >= 0.3 is 0 Å². The molecule has 1 amide bonds. The maximum Gasteiger partial charge on any atom is 0.270 e. The van der Waals surface area contributed by atoms with Crippen LogP contribution in [-0.2, 0) is 0 Å². The predicted octanol–water partition coefficient (Wildman–Crippen LogP) is 4.92. The Morgan fingerprint density at radius 3 is 2.67 bits per heavy atom. The van der Waals surface area contributed by atoms with Crippen LogP contribution < -0.4 is 4.90 Å². The number of nitro groups is 1. The van der Waals surface area contributed by atoms with E-state index < -0.39 is 4.92 Å². The lowest BCUT2D eigenvalue weighted by Gasteiger charge is -2.22. The molecule has 9 heteroatoms. The van der Waals surface area contributed by atoms with Gasteiger partial charge in [-0.2, -0.15) is 0 Å². The van der Waals surface area contributed by atoms with E-state index in [9.17, 15) is 14.9 Å². The van der Waals surface area contributed by atoms with Crippen LogP contribution in [-0.4, -0.2) is 53.7 Å². The number of aromatic nitrogens is 1. The molecule has 0 spiro atoms. The summed E-state index contributed by atoms with van der Waals surface area (Å²) in [6.07, 6.45) is 0.790. The van der Waals surface area contributed by atoms with Crippen LogP contribution in [0.5, 0.6) is 0 Å². The number of rotatable bonds is 9. The lowest BCUT2D eigenvalue weighted by molar-refractivity contribution is -0.384. The van der Waals surface area contributed by atoms with Crippen molar-refractivity contribution < 1.29 is 9.72 Å². The minimum absolute atomic E-state index is 0.0212. The first kappa shape index (κ1) is 22.2. The van der Waals surface area contributed by atoms with Crippen LogP contribution in [0.1, 0.15) is 23.7 Å². The van der Waals surface area contributed by atoms with Crippen molar-refractivity contribution in [3.05, 3.63) is 58.1 Å². The van der Waals surface area contributed by atoms with Gasteiger partial charge in [0.2, 0.25) is 0 Å². The Morgan fingerprint density at radius 1 is 1.20 bits per heavy atom. The van der Waals surface area contributed by atoms with Crippen LogP contribution in [0.25, 0.3) is 10.2 Å². The molecule has 0 unspecified atom stereocenters. The molecule has 0 bridgehead atoms. The summed E-state index contributed by atoms with van der Waals surface area (Å²) in [7, 11) is 3.99. The summed E-state index contributed by atoms with van der Waals surface area (Å²) in [6, 6.07) is 12.2. The van der Waals surface area contributed by atoms with E-state index in [4.69, 9.17) is 0 Å². The third-order valence-corrected chi connectivity index (χ3v) is 6.45. The van der Waals surface area contributed by atoms with E-state index in [1.165, 1.54) is 23.5 Å². The lowest BCUT2D eigenvalue weighted by Crippen LogP contribution is -2.33. The van der Waals surface area contributed by atoms with Crippen molar-refractivity contribution >= 4 is 50.0 Å².